The van der Waals surface area contributed by atoms with Crippen LogP contribution in [0.5, 0.6) is 0 Å². The molecule has 1 aromatic heterocycles. The van der Waals surface area contributed by atoms with Gasteiger partial charge in [0, 0.05) is 38.4 Å². The lowest BCUT2D eigenvalue weighted by atomic mass is 10.3. The van der Waals surface area contributed by atoms with Crippen LogP contribution < -0.4 is 10.6 Å². The number of nitrogens with zero attached hydrogens (tertiary/aromatic N) is 4. The highest BCUT2D eigenvalue weighted by atomic mass is 35.5. The zero-order valence-corrected chi connectivity index (χ0v) is 11.9. The van der Waals surface area contributed by atoms with E-state index in [-0.39, 0.29) is 12.4 Å². The van der Waals surface area contributed by atoms with Crippen molar-refractivity contribution in [1.82, 2.24) is 14.9 Å². The van der Waals surface area contributed by atoms with Gasteiger partial charge in [-0.2, -0.15) is 0 Å². The minimum absolute atomic E-state index is 0. The molecule has 1 aromatic rings. The number of halogens is 1. The molecule has 1 fully saturated rings. The molecule has 0 atom stereocenters. The van der Waals surface area contributed by atoms with E-state index in [9.17, 15) is 0 Å². The van der Waals surface area contributed by atoms with E-state index in [1.165, 1.54) is 0 Å². The van der Waals surface area contributed by atoms with Crippen molar-refractivity contribution < 1.29 is 0 Å². The number of rotatable bonds is 3. The molecule has 1 aliphatic heterocycles. The third-order valence-electron chi connectivity index (χ3n) is 3.21. The van der Waals surface area contributed by atoms with Crippen LogP contribution >= 0.6 is 12.4 Å². The first kappa shape index (κ1) is 15.1. The number of aryl methyl sites for hydroxylation is 1. The van der Waals surface area contributed by atoms with Crippen LogP contribution in [0.3, 0.4) is 0 Å². The van der Waals surface area contributed by atoms with Gasteiger partial charge in [-0.15, -0.1) is 12.4 Å². The molecule has 0 saturated carbocycles. The summed E-state index contributed by atoms with van der Waals surface area (Å²) < 4.78 is 0. The fourth-order valence-corrected chi connectivity index (χ4v) is 2.13. The average molecular weight is 272 g/mol. The largest absolute Gasteiger partial charge is 0.338 e. The molecule has 2 heterocycles. The Morgan fingerprint density at radius 3 is 2.44 bits per heavy atom. The lowest BCUT2D eigenvalue weighted by Crippen LogP contribution is -2.46. The number of nitrogens with two attached hydrogens (primary N) is 1. The molecule has 1 aliphatic rings. The second-order valence-corrected chi connectivity index (χ2v) is 4.43. The molecule has 2 rings (SSSR count). The highest BCUT2D eigenvalue weighted by Crippen LogP contribution is 2.12. The number of hydrogen-bond acceptors (Lipinski definition) is 5. The predicted molar refractivity (Wildman–Crippen MR) is 76.2 cm³/mol. The van der Waals surface area contributed by atoms with Crippen molar-refractivity contribution in [3.63, 3.8) is 0 Å². The smallest absolute Gasteiger partial charge is 0.225 e. The van der Waals surface area contributed by atoms with Gasteiger partial charge in [-0.1, -0.05) is 6.92 Å². The summed E-state index contributed by atoms with van der Waals surface area (Å²) in [6.07, 6.45) is 0. The third-order valence-corrected chi connectivity index (χ3v) is 3.21. The molecule has 2 N–H and O–H groups in total. The van der Waals surface area contributed by atoms with Crippen molar-refractivity contribution in [2.24, 2.45) is 5.73 Å². The topological polar surface area (TPSA) is 58.3 Å². The average Bonchev–Trinajstić information content (AvgIpc) is 2.38. The Labute approximate surface area is 115 Å². The minimum atomic E-state index is 0. The zero-order chi connectivity index (χ0) is 12.3. The highest BCUT2D eigenvalue weighted by Gasteiger charge is 2.18. The van der Waals surface area contributed by atoms with Gasteiger partial charge in [0.05, 0.1) is 5.69 Å². The summed E-state index contributed by atoms with van der Waals surface area (Å²) in [5.74, 6) is 0.834. The van der Waals surface area contributed by atoms with Crippen LogP contribution in [-0.4, -0.2) is 47.6 Å². The Bertz CT molecular complexity index is 377. The SMILES string of the molecule is CCN1CCN(c2nc(C)cc(CN)n2)CC1.Cl. The van der Waals surface area contributed by atoms with E-state index in [4.69, 9.17) is 5.73 Å². The van der Waals surface area contributed by atoms with Crippen LogP contribution in [0.1, 0.15) is 18.3 Å². The van der Waals surface area contributed by atoms with Crippen LogP contribution in [0.15, 0.2) is 6.07 Å². The molecule has 1 saturated heterocycles. The fraction of sp³-hybridized carbons (Fsp3) is 0.667. The fourth-order valence-electron chi connectivity index (χ4n) is 2.13. The Morgan fingerprint density at radius 2 is 1.89 bits per heavy atom. The molecule has 6 heteroatoms. The van der Waals surface area contributed by atoms with Gasteiger partial charge >= 0.3 is 0 Å². The van der Waals surface area contributed by atoms with E-state index in [1.807, 2.05) is 13.0 Å². The summed E-state index contributed by atoms with van der Waals surface area (Å²) in [6, 6.07) is 1.95. The molecule has 5 nitrogen and oxygen atoms in total. The number of likely N-dealkylation sites (N-methyl/N-ethyl adjacent to an activating group) is 1. The van der Waals surface area contributed by atoms with Gasteiger partial charge in [0.25, 0.3) is 0 Å². The first-order valence-electron chi connectivity index (χ1n) is 6.25. The maximum atomic E-state index is 5.64. The van der Waals surface area contributed by atoms with Crippen LogP contribution in [0, 0.1) is 6.92 Å². The summed E-state index contributed by atoms with van der Waals surface area (Å²) in [6.45, 7) is 9.97. The lowest BCUT2D eigenvalue weighted by Gasteiger charge is -2.34. The van der Waals surface area contributed by atoms with E-state index in [2.05, 4.69) is 26.7 Å². The standard InChI is InChI=1S/C12H21N5.ClH/c1-3-16-4-6-17(7-5-16)12-14-10(2)8-11(9-13)15-12;/h8H,3-7,9,13H2,1-2H3;1H. The number of hydrogen-bond donors (Lipinski definition) is 1. The van der Waals surface area contributed by atoms with E-state index in [1.54, 1.807) is 0 Å². The summed E-state index contributed by atoms with van der Waals surface area (Å²) in [7, 11) is 0. The third kappa shape index (κ3) is 3.54. The molecule has 0 bridgehead atoms. The molecule has 0 unspecified atom stereocenters. The van der Waals surface area contributed by atoms with E-state index < -0.39 is 0 Å². The first-order chi connectivity index (χ1) is 8.22. The van der Waals surface area contributed by atoms with Gasteiger partial charge in [-0.3, -0.25) is 0 Å². The zero-order valence-electron chi connectivity index (χ0n) is 11.1. The monoisotopic (exact) mass is 271 g/mol. The second kappa shape index (κ2) is 6.87. The lowest BCUT2D eigenvalue weighted by molar-refractivity contribution is 0.270. The van der Waals surface area contributed by atoms with Gasteiger partial charge in [-0.05, 0) is 19.5 Å². The van der Waals surface area contributed by atoms with Gasteiger partial charge in [0.15, 0.2) is 0 Å². The molecule has 0 spiro atoms. The Hall–Kier alpha value is -0.910. The van der Waals surface area contributed by atoms with Crippen LogP contribution in [0.25, 0.3) is 0 Å². The number of anilines is 1. The normalized spacial score (nSPS) is 16.5. The summed E-state index contributed by atoms with van der Waals surface area (Å²) >= 11 is 0. The maximum Gasteiger partial charge on any atom is 0.225 e. The Morgan fingerprint density at radius 1 is 1.22 bits per heavy atom. The van der Waals surface area contributed by atoms with Gasteiger partial charge in [-0.25, -0.2) is 9.97 Å². The van der Waals surface area contributed by atoms with Crippen molar-refractivity contribution in [3.05, 3.63) is 17.5 Å². The summed E-state index contributed by atoms with van der Waals surface area (Å²) in [5.41, 5.74) is 7.56. The molecular weight excluding hydrogens is 250 g/mol. The number of aromatic nitrogens is 2. The minimum Gasteiger partial charge on any atom is -0.338 e. The molecule has 0 radical (unpaired) electrons. The van der Waals surface area contributed by atoms with Crippen molar-refractivity contribution in [2.75, 3.05) is 37.6 Å². The molecule has 0 aliphatic carbocycles. The van der Waals surface area contributed by atoms with Gasteiger partial charge in [0.2, 0.25) is 5.95 Å². The van der Waals surface area contributed by atoms with Gasteiger partial charge < -0.3 is 15.5 Å². The molecule has 0 amide bonds. The molecule has 102 valence electrons. The van der Waals surface area contributed by atoms with Crippen LogP contribution in [0.4, 0.5) is 5.95 Å². The number of piperazine rings is 1. The van der Waals surface area contributed by atoms with Crippen molar-refractivity contribution >= 4 is 18.4 Å². The van der Waals surface area contributed by atoms with Crippen molar-refractivity contribution in [1.29, 1.82) is 0 Å². The molecular formula is C12H22ClN5. The van der Waals surface area contributed by atoms with Crippen LogP contribution in [0.2, 0.25) is 0 Å². The highest BCUT2D eigenvalue weighted by molar-refractivity contribution is 5.85. The van der Waals surface area contributed by atoms with E-state index >= 15 is 0 Å². The quantitative estimate of drug-likeness (QED) is 0.882. The van der Waals surface area contributed by atoms with E-state index in [0.717, 1.165) is 50.1 Å². The maximum absolute atomic E-state index is 5.64. The Balaban J connectivity index is 0.00000162. The first-order valence-corrected chi connectivity index (χ1v) is 6.25. The summed E-state index contributed by atoms with van der Waals surface area (Å²) in [5, 5.41) is 0. The predicted octanol–water partition coefficient (Wildman–Crippen LogP) is 0.807. The van der Waals surface area contributed by atoms with Crippen molar-refractivity contribution in [2.45, 2.75) is 20.4 Å². The van der Waals surface area contributed by atoms with Gasteiger partial charge in [0.1, 0.15) is 0 Å². The van der Waals surface area contributed by atoms with Crippen molar-refractivity contribution in [3.8, 4) is 0 Å². The molecule has 18 heavy (non-hydrogen) atoms. The summed E-state index contributed by atoms with van der Waals surface area (Å²) in [4.78, 5) is 13.7. The van der Waals surface area contributed by atoms with Crippen LogP contribution in [-0.2, 0) is 6.54 Å². The second-order valence-electron chi connectivity index (χ2n) is 4.43. The Kier molecular flexibility index (Phi) is 5.78. The molecule has 0 aromatic carbocycles. The van der Waals surface area contributed by atoms with E-state index in [0.29, 0.717) is 6.54 Å².